The van der Waals surface area contributed by atoms with Crippen molar-refractivity contribution < 1.29 is 14.3 Å². The lowest BCUT2D eigenvalue weighted by molar-refractivity contribution is -0.133. The van der Waals surface area contributed by atoms with Crippen LogP contribution in [0.4, 0.5) is 4.39 Å². The molecule has 1 N–H and O–H groups in total. The quantitative estimate of drug-likeness (QED) is 0.563. The van der Waals surface area contributed by atoms with Crippen LogP contribution in [0.15, 0.2) is 29.3 Å². The van der Waals surface area contributed by atoms with Crippen molar-refractivity contribution in [3.63, 3.8) is 0 Å². The van der Waals surface area contributed by atoms with Gasteiger partial charge in [0.1, 0.15) is 21.5 Å². The maximum absolute atomic E-state index is 13.2. The number of carboxylic acids is 1. The minimum atomic E-state index is -0.894. The van der Waals surface area contributed by atoms with Crippen LogP contribution < -0.4 is 0 Å². The molecule has 3 rings (SSSR count). The van der Waals surface area contributed by atoms with Crippen LogP contribution in [-0.4, -0.2) is 26.8 Å². The molecule has 2 aromatic heterocycles. The zero-order valence-corrected chi connectivity index (χ0v) is 14.1. The van der Waals surface area contributed by atoms with Gasteiger partial charge in [-0.3, -0.25) is 4.79 Å². The number of thioether (sulfide) groups is 1. The van der Waals surface area contributed by atoms with E-state index in [2.05, 4.69) is 9.97 Å². The van der Waals surface area contributed by atoms with Crippen LogP contribution >= 0.6 is 23.1 Å². The predicted octanol–water partition coefficient (Wildman–Crippen LogP) is 4.29. The van der Waals surface area contributed by atoms with Crippen LogP contribution in [0.2, 0.25) is 0 Å². The SMILES string of the molecule is Cc1nc(SCC(=O)O)c2c(-c3ccc(F)cc3)c(C)sc2n1. The van der Waals surface area contributed by atoms with Gasteiger partial charge in [0.05, 0.1) is 11.1 Å². The molecule has 0 amide bonds. The second-order valence-corrected chi connectivity index (χ2v) is 7.15. The van der Waals surface area contributed by atoms with Crippen molar-refractivity contribution in [2.45, 2.75) is 18.9 Å². The number of aromatic nitrogens is 2. The second-order valence-electron chi connectivity index (χ2n) is 4.98. The molecule has 1 aromatic carbocycles. The number of aliphatic carboxylic acids is 1. The molecule has 0 aliphatic heterocycles. The molecule has 4 nitrogen and oxygen atoms in total. The maximum Gasteiger partial charge on any atom is 0.313 e. The first-order chi connectivity index (χ1) is 11.0. The summed E-state index contributed by atoms with van der Waals surface area (Å²) >= 11 is 2.71. The molecule has 0 saturated heterocycles. The zero-order chi connectivity index (χ0) is 16.6. The van der Waals surface area contributed by atoms with Crippen molar-refractivity contribution in [1.29, 1.82) is 0 Å². The van der Waals surface area contributed by atoms with Crippen LogP contribution in [0.5, 0.6) is 0 Å². The van der Waals surface area contributed by atoms with E-state index in [1.54, 1.807) is 19.1 Å². The van der Waals surface area contributed by atoms with Crippen molar-refractivity contribution in [2.75, 3.05) is 5.75 Å². The highest BCUT2D eigenvalue weighted by molar-refractivity contribution is 8.00. The minimum Gasteiger partial charge on any atom is -0.481 e. The molecule has 2 heterocycles. The molecular formula is C16H13FN2O2S2. The highest BCUT2D eigenvalue weighted by atomic mass is 32.2. The Morgan fingerprint density at radius 3 is 2.61 bits per heavy atom. The number of halogens is 1. The topological polar surface area (TPSA) is 63.1 Å². The van der Waals surface area contributed by atoms with Crippen molar-refractivity contribution in [3.05, 3.63) is 40.8 Å². The summed E-state index contributed by atoms with van der Waals surface area (Å²) in [6, 6.07) is 6.26. The first-order valence-electron chi connectivity index (χ1n) is 6.84. The Morgan fingerprint density at radius 2 is 1.96 bits per heavy atom. The third kappa shape index (κ3) is 3.20. The number of aryl methyl sites for hydroxylation is 2. The average Bonchev–Trinajstić information content (AvgIpc) is 2.81. The Kier molecular flexibility index (Phi) is 4.32. The summed E-state index contributed by atoms with van der Waals surface area (Å²) in [7, 11) is 0. The number of carboxylic acid groups (broad SMARTS) is 1. The smallest absolute Gasteiger partial charge is 0.313 e. The van der Waals surface area contributed by atoms with E-state index in [9.17, 15) is 9.18 Å². The summed E-state index contributed by atoms with van der Waals surface area (Å²) < 4.78 is 13.2. The molecule has 0 saturated carbocycles. The first kappa shape index (κ1) is 15.9. The Morgan fingerprint density at radius 1 is 1.26 bits per heavy atom. The third-order valence-electron chi connectivity index (χ3n) is 3.27. The summed E-state index contributed by atoms with van der Waals surface area (Å²) in [6.07, 6.45) is 0. The largest absolute Gasteiger partial charge is 0.481 e. The normalized spacial score (nSPS) is 11.1. The summed E-state index contributed by atoms with van der Waals surface area (Å²) in [5.74, 6) is -0.644. The van der Waals surface area contributed by atoms with E-state index in [1.165, 1.54) is 35.2 Å². The molecule has 0 aliphatic rings. The third-order valence-corrected chi connectivity index (χ3v) is 5.23. The van der Waals surface area contributed by atoms with Gasteiger partial charge in [-0.05, 0) is 31.5 Å². The van der Waals surface area contributed by atoms with Gasteiger partial charge in [0, 0.05) is 10.4 Å². The van der Waals surface area contributed by atoms with E-state index in [4.69, 9.17) is 5.11 Å². The fraction of sp³-hybridized carbons (Fsp3) is 0.188. The molecule has 0 unspecified atom stereocenters. The van der Waals surface area contributed by atoms with E-state index in [1.807, 2.05) is 6.92 Å². The molecule has 0 spiro atoms. The first-order valence-corrected chi connectivity index (χ1v) is 8.64. The number of hydrogen-bond donors (Lipinski definition) is 1. The Labute approximate surface area is 140 Å². The van der Waals surface area contributed by atoms with Crippen LogP contribution in [0.25, 0.3) is 21.3 Å². The van der Waals surface area contributed by atoms with Gasteiger partial charge in [0.25, 0.3) is 0 Å². The minimum absolute atomic E-state index is 0.0662. The van der Waals surface area contributed by atoms with Crippen LogP contribution in [-0.2, 0) is 4.79 Å². The van der Waals surface area contributed by atoms with E-state index in [0.717, 1.165) is 26.2 Å². The molecule has 23 heavy (non-hydrogen) atoms. The molecular weight excluding hydrogens is 335 g/mol. The fourth-order valence-corrected chi connectivity index (χ4v) is 4.34. The number of carbonyl (C=O) groups is 1. The second kappa shape index (κ2) is 6.25. The molecule has 118 valence electrons. The van der Waals surface area contributed by atoms with E-state index >= 15 is 0 Å². The van der Waals surface area contributed by atoms with Crippen molar-refractivity contribution >= 4 is 39.3 Å². The molecule has 7 heteroatoms. The molecule has 0 fully saturated rings. The van der Waals surface area contributed by atoms with E-state index in [0.29, 0.717) is 10.9 Å². The number of hydrogen-bond acceptors (Lipinski definition) is 5. The van der Waals surface area contributed by atoms with Gasteiger partial charge in [-0.25, -0.2) is 14.4 Å². The molecule has 3 aromatic rings. The molecule has 0 atom stereocenters. The lowest BCUT2D eigenvalue weighted by Crippen LogP contribution is -1.99. The van der Waals surface area contributed by atoms with Gasteiger partial charge in [0.2, 0.25) is 0 Å². The average molecular weight is 348 g/mol. The number of fused-ring (bicyclic) bond motifs is 1. The Hall–Kier alpha value is -1.99. The summed E-state index contributed by atoms with van der Waals surface area (Å²) in [6.45, 7) is 3.77. The number of rotatable bonds is 4. The van der Waals surface area contributed by atoms with Crippen LogP contribution in [0.3, 0.4) is 0 Å². The van der Waals surface area contributed by atoms with Gasteiger partial charge in [-0.15, -0.1) is 11.3 Å². The van der Waals surface area contributed by atoms with E-state index < -0.39 is 5.97 Å². The molecule has 0 bridgehead atoms. The van der Waals surface area contributed by atoms with Crippen molar-refractivity contribution in [3.8, 4) is 11.1 Å². The Balaban J connectivity index is 2.22. The van der Waals surface area contributed by atoms with Gasteiger partial charge in [0.15, 0.2) is 0 Å². The number of benzene rings is 1. The van der Waals surface area contributed by atoms with Crippen LogP contribution in [0.1, 0.15) is 10.7 Å². The lowest BCUT2D eigenvalue weighted by Gasteiger charge is -2.06. The van der Waals surface area contributed by atoms with Gasteiger partial charge >= 0.3 is 5.97 Å². The fourth-order valence-electron chi connectivity index (χ4n) is 2.38. The number of nitrogens with zero attached hydrogens (tertiary/aromatic N) is 2. The van der Waals surface area contributed by atoms with Crippen molar-refractivity contribution in [1.82, 2.24) is 9.97 Å². The maximum atomic E-state index is 13.2. The predicted molar refractivity (Wildman–Crippen MR) is 90.6 cm³/mol. The standard InChI is InChI=1S/C16H13FN2O2S2/c1-8-13(10-3-5-11(17)6-4-10)14-15(22-7-12(20)21)18-9(2)19-16(14)23-8/h3-6H,7H2,1-2H3,(H,20,21). The van der Waals surface area contributed by atoms with Crippen LogP contribution in [0, 0.1) is 19.7 Å². The highest BCUT2D eigenvalue weighted by Gasteiger charge is 2.18. The van der Waals surface area contributed by atoms with Crippen molar-refractivity contribution in [2.24, 2.45) is 0 Å². The molecule has 0 aliphatic carbocycles. The van der Waals surface area contributed by atoms with Gasteiger partial charge in [-0.2, -0.15) is 0 Å². The van der Waals surface area contributed by atoms with Gasteiger partial charge < -0.3 is 5.11 Å². The highest BCUT2D eigenvalue weighted by Crippen LogP contribution is 2.41. The summed E-state index contributed by atoms with van der Waals surface area (Å²) in [5, 5.41) is 10.4. The van der Waals surface area contributed by atoms with E-state index in [-0.39, 0.29) is 11.6 Å². The summed E-state index contributed by atoms with van der Waals surface area (Å²) in [5.41, 5.74) is 1.82. The Bertz CT molecular complexity index is 891. The number of thiophene rings is 1. The monoisotopic (exact) mass is 348 g/mol. The molecule has 0 radical (unpaired) electrons. The zero-order valence-electron chi connectivity index (χ0n) is 12.5. The lowest BCUT2D eigenvalue weighted by atomic mass is 10.0. The van der Waals surface area contributed by atoms with Gasteiger partial charge in [-0.1, -0.05) is 23.9 Å². The summed E-state index contributed by atoms with van der Waals surface area (Å²) in [4.78, 5) is 21.6.